The zero-order valence-corrected chi connectivity index (χ0v) is 21.7. The van der Waals surface area contributed by atoms with Gasteiger partial charge in [0.2, 0.25) is 0 Å². The maximum absolute atomic E-state index is 13.5. The number of pyridine rings is 1. The van der Waals surface area contributed by atoms with E-state index in [1.807, 2.05) is 84.9 Å². The van der Waals surface area contributed by atoms with Gasteiger partial charge in [0.05, 0.1) is 25.6 Å². The second-order valence-corrected chi connectivity index (χ2v) is 9.66. The SMILES string of the molecule is COc1ccc(OC)c(-c2cc(-c3ccccc3)nc3sc(C(=O)N(C)Cc4ccccc4)c(N)c23)c1. The molecule has 5 aromatic rings. The van der Waals surface area contributed by atoms with Crippen LogP contribution in [0, 0.1) is 0 Å². The molecule has 0 radical (unpaired) electrons. The average Bonchev–Trinajstić information content (AvgIpc) is 3.28. The molecule has 1 amide bonds. The Labute approximate surface area is 219 Å². The molecule has 3 aromatic carbocycles. The number of carbonyl (C=O) groups excluding carboxylic acids is 1. The zero-order chi connectivity index (χ0) is 25.9. The predicted molar refractivity (Wildman–Crippen MR) is 150 cm³/mol. The van der Waals surface area contributed by atoms with Crippen molar-refractivity contribution in [1.29, 1.82) is 0 Å². The Bertz CT molecular complexity index is 1570. The van der Waals surface area contributed by atoms with Gasteiger partial charge in [-0.25, -0.2) is 4.98 Å². The van der Waals surface area contributed by atoms with Crippen molar-refractivity contribution in [2.75, 3.05) is 27.0 Å². The number of amides is 1. The van der Waals surface area contributed by atoms with Crippen molar-refractivity contribution >= 4 is 33.1 Å². The number of rotatable bonds is 7. The van der Waals surface area contributed by atoms with Gasteiger partial charge >= 0.3 is 0 Å². The highest BCUT2D eigenvalue weighted by molar-refractivity contribution is 7.21. The normalized spacial score (nSPS) is 10.9. The Morgan fingerprint density at radius 2 is 1.62 bits per heavy atom. The first-order valence-corrected chi connectivity index (χ1v) is 12.6. The maximum atomic E-state index is 13.5. The number of nitrogen functional groups attached to an aromatic ring is 1. The number of aromatic nitrogens is 1. The lowest BCUT2D eigenvalue weighted by atomic mass is 9.98. The summed E-state index contributed by atoms with van der Waals surface area (Å²) in [7, 11) is 5.04. The topological polar surface area (TPSA) is 77.7 Å². The predicted octanol–water partition coefficient (Wildman–Crippen LogP) is 6.50. The second kappa shape index (κ2) is 10.3. The third-order valence-corrected chi connectivity index (χ3v) is 7.36. The standard InChI is InChI=1S/C30H27N3O3S/c1-33(18-19-10-6-4-7-11-19)30(34)28-27(31)26-23(22-16-21(35-2)14-15-25(22)36-3)17-24(32-29(26)37-28)20-12-8-5-9-13-20/h4-17H,18,31H2,1-3H3. The van der Waals surface area contributed by atoms with Crippen LogP contribution >= 0.6 is 11.3 Å². The van der Waals surface area contributed by atoms with Gasteiger partial charge in [-0.2, -0.15) is 0 Å². The van der Waals surface area contributed by atoms with Gasteiger partial charge in [0.25, 0.3) is 5.91 Å². The number of anilines is 1. The van der Waals surface area contributed by atoms with Crippen LogP contribution in [0.4, 0.5) is 5.69 Å². The molecule has 0 aliphatic carbocycles. The number of hydrogen-bond acceptors (Lipinski definition) is 6. The number of carbonyl (C=O) groups is 1. The van der Waals surface area contributed by atoms with Crippen LogP contribution in [0.2, 0.25) is 0 Å². The second-order valence-electron chi connectivity index (χ2n) is 8.66. The largest absolute Gasteiger partial charge is 0.497 e. The summed E-state index contributed by atoms with van der Waals surface area (Å²) in [5.74, 6) is 1.22. The molecule has 0 fully saturated rings. The molecule has 2 heterocycles. The minimum atomic E-state index is -0.144. The number of nitrogens with two attached hydrogens (primary N) is 1. The molecule has 7 heteroatoms. The Hall–Kier alpha value is -4.36. The summed E-state index contributed by atoms with van der Waals surface area (Å²) >= 11 is 1.31. The van der Waals surface area contributed by atoms with Crippen LogP contribution in [0.25, 0.3) is 32.6 Å². The third kappa shape index (κ3) is 4.73. The van der Waals surface area contributed by atoms with Gasteiger partial charge in [0, 0.05) is 35.7 Å². The van der Waals surface area contributed by atoms with Crippen LogP contribution in [0.5, 0.6) is 11.5 Å². The van der Waals surface area contributed by atoms with E-state index in [2.05, 4.69) is 0 Å². The van der Waals surface area contributed by atoms with Crippen LogP contribution in [-0.4, -0.2) is 37.1 Å². The number of benzene rings is 3. The lowest BCUT2D eigenvalue weighted by molar-refractivity contribution is 0.0791. The van der Waals surface area contributed by atoms with Crippen molar-refractivity contribution in [3.05, 3.63) is 95.4 Å². The molecule has 0 bridgehead atoms. The van der Waals surface area contributed by atoms with E-state index in [4.69, 9.17) is 20.2 Å². The van der Waals surface area contributed by atoms with Gasteiger partial charge in [-0.05, 0) is 29.8 Å². The van der Waals surface area contributed by atoms with E-state index >= 15 is 0 Å². The zero-order valence-electron chi connectivity index (χ0n) is 20.9. The molecule has 5 rings (SSSR count). The van der Waals surface area contributed by atoms with Gasteiger partial charge in [0.1, 0.15) is 21.2 Å². The quantitative estimate of drug-likeness (QED) is 0.271. The fourth-order valence-electron chi connectivity index (χ4n) is 4.38. The molecule has 0 saturated carbocycles. The van der Waals surface area contributed by atoms with Crippen LogP contribution in [0.1, 0.15) is 15.2 Å². The Kier molecular flexibility index (Phi) is 6.79. The monoisotopic (exact) mass is 509 g/mol. The van der Waals surface area contributed by atoms with E-state index in [0.717, 1.165) is 33.3 Å². The molecule has 2 N–H and O–H groups in total. The van der Waals surface area contributed by atoms with Gasteiger partial charge in [-0.3, -0.25) is 4.79 Å². The molecule has 0 saturated heterocycles. The number of fused-ring (bicyclic) bond motifs is 1. The van der Waals surface area contributed by atoms with Crippen LogP contribution < -0.4 is 15.2 Å². The Morgan fingerprint density at radius 3 is 2.30 bits per heavy atom. The molecule has 0 aliphatic rings. The van der Waals surface area contributed by atoms with Crippen molar-refractivity contribution in [1.82, 2.24) is 9.88 Å². The van der Waals surface area contributed by atoms with Crippen molar-refractivity contribution in [3.63, 3.8) is 0 Å². The Balaban J connectivity index is 1.69. The Morgan fingerprint density at radius 1 is 0.919 bits per heavy atom. The van der Waals surface area contributed by atoms with E-state index < -0.39 is 0 Å². The lowest BCUT2D eigenvalue weighted by Crippen LogP contribution is -2.26. The molecule has 0 aliphatic heterocycles. The molecular formula is C30H27N3O3S. The van der Waals surface area contributed by atoms with Gasteiger partial charge < -0.3 is 20.1 Å². The first-order chi connectivity index (χ1) is 18.0. The first kappa shape index (κ1) is 24.3. The van der Waals surface area contributed by atoms with Crippen LogP contribution in [-0.2, 0) is 6.54 Å². The molecule has 186 valence electrons. The minimum absolute atomic E-state index is 0.144. The summed E-state index contributed by atoms with van der Waals surface area (Å²) in [6.07, 6.45) is 0. The number of hydrogen-bond donors (Lipinski definition) is 1. The molecule has 2 aromatic heterocycles. The van der Waals surface area contributed by atoms with Gasteiger partial charge in [0.15, 0.2) is 0 Å². The number of nitrogens with zero attached hydrogens (tertiary/aromatic N) is 2. The minimum Gasteiger partial charge on any atom is -0.497 e. The van der Waals surface area contributed by atoms with E-state index in [1.54, 1.807) is 26.2 Å². The number of methoxy groups -OCH3 is 2. The van der Waals surface area contributed by atoms with Crippen molar-refractivity contribution in [2.45, 2.75) is 6.54 Å². The molecule has 0 atom stereocenters. The highest BCUT2D eigenvalue weighted by atomic mass is 32.1. The molecule has 37 heavy (non-hydrogen) atoms. The fourth-order valence-corrected chi connectivity index (χ4v) is 5.49. The summed E-state index contributed by atoms with van der Waals surface area (Å²) in [6.45, 7) is 0.479. The first-order valence-electron chi connectivity index (χ1n) is 11.8. The van der Waals surface area contributed by atoms with E-state index in [9.17, 15) is 4.79 Å². The van der Waals surface area contributed by atoms with Crippen molar-refractivity contribution in [2.24, 2.45) is 0 Å². The highest BCUT2D eigenvalue weighted by Crippen LogP contribution is 2.45. The average molecular weight is 510 g/mol. The molecule has 6 nitrogen and oxygen atoms in total. The van der Waals surface area contributed by atoms with Gasteiger partial charge in [-0.1, -0.05) is 60.7 Å². The number of thiophene rings is 1. The lowest BCUT2D eigenvalue weighted by Gasteiger charge is -2.17. The van der Waals surface area contributed by atoms with Crippen LogP contribution in [0.15, 0.2) is 84.9 Å². The van der Waals surface area contributed by atoms with E-state index in [-0.39, 0.29) is 5.91 Å². The van der Waals surface area contributed by atoms with E-state index in [0.29, 0.717) is 33.4 Å². The summed E-state index contributed by atoms with van der Waals surface area (Å²) in [5.41, 5.74) is 11.6. The molecular weight excluding hydrogens is 482 g/mol. The fraction of sp³-hybridized carbons (Fsp3) is 0.133. The van der Waals surface area contributed by atoms with Gasteiger partial charge in [-0.15, -0.1) is 11.3 Å². The summed E-state index contributed by atoms with van der Waals surface area (Å²) in [5, 5.41) is 0.729. The third-order valence-electron chi connectivity index (χ3n) is 6.27. The summed E-state index contributed by atoms with van der Waals surface area (Å²) in [4.78, 5) is 21.3. The summed E-state index contributed by atoms with van der Waals surface area (Å²) in [6, 6.07) is 27.5. The highest BCUT2D eigenvalue weighted by Gasteiger charge is 2.25. The van der Waals surface area contributed by atoms with E-state index in [1.165, 1.54) is 11.3 Å². The number of ether oxygens (including phenoxy) is 2. The summed E-state index contributed by atoms with van der Waals surface area (Å²) < 4.78 is 11.2. The van der Waals surface area contributed by atoms with Crippen molar-refractivity contribution < 1.29 is 14.3 Å². The van der Waals surface area contributed by atoms with Crippen molar-refractivity contribution in [3.8, 4) is 33.9 Å². The molecule has 0 spiro atoms. The maximum Gasteiger partial charge on any atom is 0.266 e. The smallest absolute Gasteiger partial charge is 0.266 e. The van der Waals surface area contributed by atoms with Crippen LogP contribution in [0.3, 0.4) is 0 Å². The molecule has 0 unspecified atom stereocenters.